The van der Waals surface area contributed by atoms with E-state index >= 15 is 0 Å². The number of amides is 1. The van der Waals surface area contributed by atoms with Gasteiger partial charge in [0.05, 0.1) is 24.6 Å². The Hall–Kier alpha value is -0.910. The summed E-state index contributed by atoms with van der Waals surface area (Å²) in [7, 11) is 0. The highest BCUT2D eigenvalue weighted by Crippen LogP contribution is 2.31. The third-order valence-corrected chi connectivity index (χ3v) is 4.11. The molecule has 2 saturated heterocycles. The summed E-state index contributed by atoms with van der Waals surface area (Å²) >= 11 is 1.48. The van der Waals surface area contributed by atoms with Gasteiger partial charge in [0.1, 0.15) is 0 Å². The van der Waals surface area contributed by atoms with E-state index in [0.717, 1.165) is 24.3 Å². The minimum absolute atomic E-state index is 0.0955. The molecule has 1 spiro atoms. The van der Waals surface area contributed by atoms with Crippen molar-refractivity contribution < 1.29 is 14.3 Å². The molecule has 2 aliphatic rings. The fourth-order valence-corrected chi connectivity index (χ4v) is 3.14. The lowest BCUT2D eigenvalue weighted by Crippen LogP contribution is -2.50. The molecule has 3 rings (SSSR count). The second kappa shape index (κ2) is 4.40. The molecule has 0 aliphatic carbocycles. The molecule has 3 heterocycles. The van der Waals surface area contributed by atoms with Crippen molar-refractivity contribution >= 4 is 17.2 Å². The minimum Gasteiger partial charge on any atom is -0.346 e. The van der Waals surface area contributed by atoms with Crippen molar-refractivity contribution in [3.63, 3.8) is 0 Å². The van der Waals surface area contributed by atoms with Crippen molar-refractivity contribution in [1.82, 2.24) is 4.90 Å². The molecule has 4 nitrogen and oxygen atoms in total. The maximum absolute atomic E-state index is 12.2. The standard InChI is InChI=1S/C12H15NO3S/c14-11(10-3-1-8-17-10)13-5-2-4-12(9-13)15-6-7-16-12/h1,3,8H,2,4-7,9H2. The van der Waals surface area contributed by atoms with Gasteiger partial charge in [0.25, 0.3) is 5.91 Å². The average Bonchev–Trinajstić information content (AvgIpc) is 3.00. The summed E-state index contributed by atoms with van der Waals surface area (Å²) in [4.78, 5) is 14.9. The molecule has 0 saturated carbocycles. The molecule has 1 amide bonds. The van der Waals surface area contributed by atoms with Crippen molar-refractivity contribution in [3.8, 4) is 0 Å². The number of likely N-dealkylation sites (tertiary alicyclic amines) is 1. The number of piperidine rings is 1. The highest BCUT2D eigenvalue weighted by molar-refractivity contribution is 7.12. The van der Waals surface area contributed by atoms with Gasteiger partial charge in [-0.05, 0) is 17.9 Å². The van der Waals surface area contributed by atoms with E-state index in [1.54, 1.807) is 0 Å². The van der Waals surface area contributed by atoms with Gasteiger partial charge in [-0.15, -0.1) is 11.3 Å². The number of nitrogens with zero attached hydrogens (tertiary/aromatic N) is 1. The van der Waals surface area contributed by atoms with E-state index < -0.39 is 5.79 Å². The van der Waals surface area contributed by atoms with Gasteiger partial charge in [-0.2, -0.15) is 0 Å². The van der Waals surface area contributed by atoms with Crippen LogP contribution in [0.3, 0.4) is 0 Å². The van der Waals surface area contributed by atoms with Crippen LogP contribution in [0.2, 0.25) is 0 Å². The summed E-state index contributed by atoms with van der Waals surface area (Å²) in [6.07, 6.45) is 1.83. The Labute approximate surface area is 104 Å². The molecule has 5 heteroatoms. The smallest absolute Gasteiger partial charge is 0.264 e. The van der Waals surface area contributed by atoms with Gasteiger partial charge in [0.2, 0.25) is 0 Å². The first-order valence-electron chi connectivity index (χ1n) is 5.90. The van der Waals surface area contributed by atoms with E-state index in [-0.39, 0.29) is 5.91 Å². The maximum Gasteiger partial charge on any atom is 0.264 e. The van der Waals surface area contributed by atoms with Crippen molar-refractivity contribution in [2.45, 2.75) is 18.6 Å². The van der Waals surface area contributed by atoms with E-state index in [4.69, 9.17) is 9.47 Å². The van der Waals surface area contributed by atoms with E-state index in [2.05, 4.69) is 0 Å². The highest BCUT2D eigenvalue weighted by Gasteiger charge is 2.42. The van der Waals surface area contributed by atoms with E-state index in [9.17, 15) is 4.79 Å². The highest BCUT2D eigenvalue weighted by atomic mass is 32.1. The van der Waals surface area contributed by atoms with Gasteiger partial charge in [0, 0.05) is 13.0 Å². The van der Waals surface area contributed by atoms with Crippen molar-refractivity contribution in [2.75, 3.05) is 26.3 Å². The lowest BCUT2D eigenvalue weighted by Gasteiger charge is -2.38. The Morgan fingerprint density at radius 2 is 2.24 bits per heavy atom. The summed E-state index contributed by atoms with van der Waals surface area (Å²) in [5.74, 6) is -0.427. The fourth-order valence-electron chi connectivity index (χ4n) is 2.45. The summed E-state index contributed by atoms with van der Waals surface area (Å²) in [5, 5.41) is 1.93. The Balaban J connectivity index is 1.73. The average molecular weight is 253 g/mol. The number of thiophene rings is 1. The second-order valence-electron chi connectivity index (χ2n) is 4.42. The first-order valence-corrected chi connectivity index (χ1v) is 6.78. The van der Waals surface area contributed by atoms with Crippen LogP contribution in [-0.2, 0) is 9.47 Å². The van der Waals surface area contributed by atoms with Gasteiger partial charge in [-0.1, -0.05) is 6.07 Å². The van der Waals surface area contributed by atoms with Crippen LogP contribution in [-0.4, -0.2) is 42.9 Å². The van der Waals surface area contributed by atoms with E-state index in [1.165, 1.54) is 11.3 Å². The maximum atomic E-state index is 12.2. The molecule has 0 bridgehead atoms. The molecule has 1 aromatic heterocycles. The second-order valence-corrected chi connectivity index (χ2v) is 5.36. The quantitative estimate of drug-likeness (QED) is 0.765. The van der Waals surface area contributed by atoms with Crippen LogP contribution in [0.4, 0.5) is 0 Å². The molecule has 2 aliphatic heterocycles. The Bertz CT molecular complexity index is 398. The Morgan fingerprint density at radius 3 is 2.94 bits per heavy atom. The van der Waals surface area contributed by atoms with Crippen LogP contribution in [0.5, 0.6) is 0 Å². The number of hydrogen-bond donors (Lipinski definition) is 0. The van der Waals surface area contributed by atoms with Gasteiger partial charge in [-0.25, -0.2) is 0 Å². The minimum atomic E-state index is -0.523. The van der Waals surface area contributed by atoms with Gasteiger partial charge < -0.3 is 14.4 Å². The third kappa shape index (κ3) is 2.10. The number of carbonyl (C=O) groups is 1. The van der Waals surface area contributed by atoms with Gasteiger partial charge in [-0.3, -0.25) is 4.79 Å². The number of rotatable bonds is 1. The molecule has 0 radical (unpaired) electrons. The van der Waals surface area contributed by atoms with Crippen LogP contribution in [0, 0.1) is 0 Å². The lowest BCUT2D eigenvalue weighted by atomic mass is 10.0. The topological polar surface area (TPSA) is 38.8 Å². The predicted octanol–water partition coefficient (Wildman–Crippen LogP) is 1.73. The third-order valence-electron chi connectivity index (χ3n) is 3.25. The van der Waals surface area contributed by atoms with Crippen molar-refractivity contribution in [1.29, 1.82) is 0 Å². The molecule has 0 atom stereocenters. The monoisotopic (exact) mass is 253 g/mol. The molecular formula is C12H15NO3S. The molecule has 0 unspecified atom stereocenters. The SMILES string of the molecule is O=C(c1cccs1)N1CCCC2(C1)OCCO2. The fraction of sp³-hybridized carbons (Fsp3) is 0.583. The van der Waals surface area contributed by atoms with Gasteiger partial charge >= 0.3 is 0 Å². The lowest BCUT2D eigenvalue weighted by molar-refractivity contribution is -0.183. The van der Waals surface area contributed by atoms with Crippen LogP contribution in [0.25, 0.3) is 0 Å². The van der Waals surface area contributed by atoms with Crippen LogP contribution in [0.1, 0.15) is 22.5 Å². The first-order chi connectivity index (χ1) is 8.29. The largest absolute Gasteiger partial charge is 0.346 e. The number of hydrogen-bond acceptors (Lipinski definition) is 4. The Morgan fingerprint density at radius 1 is 1.41 bits per heavy atom. The van der Waals surface area contributed by atoms with Crippen LogP contribution in [0.15, 0.2) is 17.5 Å². The Kier molecular flexibility index (Phi) is 2.90. The van der Waals surface area contributed by atoms with E-state index in [0.29, 0.717) is 19.8 Å². The molecule has 2 fully saturated rings. The summed E-state index contributed by atoms with van der Waals surface area (Å²) in [6.45, 7) is 2.64. The summed E-state index contributed by atoms with van der Waals surface area (Å²) in [6, 6.07) is 3.77. The van der Waals surface area contributed by atoms with Crippen LogP contribution < -0.4 is 0 Å². The summed E-state index contributed by atoms with van der Waals surface area (Å²) < 4.78 is 11.3. The number of carbonyl (C=O) groups excluding carboxylic acids is 1. The molecule has 17 heavy (non-hydrogen) atoms. The van der Waals surface area contributed by atoms with Crippen molar-refractivity contribution in [2.24, 2.45) is 0 Å². The molecule has 1 aromatic rings. The zero-order valence-electron chi connectivity index (χ0n) is 9.55. The molecular weight excluding hydrogens is 238 g/mol. The first kappa shape index (κ1) is 11.2. The normalized spacial score (nSPS) is 23.2. The zero-order chi connectivity index (χ0) is 11.7. The molecule has 0 aromatic carbocycles. The molecule has 92 valence electrons. The van der Waals surface area contributed by atoms with Gasteiger partial charge in [0.15, 0.2) is 5.79 Å². The van der Waals surface area contributed by atoms with Crippen molar-refractivity contribution in [3.05, 3.63) is 22.4 Å². The van der Waals surface area contributed by atoms with Crippen LogP contribution >= 0.6 is 11.3 Å². The predicted molar refractivity (Wildman–Crippen MR) is 64.1 cm³/mol. The van der Waals surface area contributed by atoms with E-state index in [1.807, 2.05) is 22.4 Å². The zero-order valence-corrected chi connectivity index (χ0v) is 10.4. The molecule has 0 N–H and O–H groups in total. The summed E-state index contributed by atoms with van der Waals surface area (Å²) in [5.41, 5.74) is 0. The number of ether oxygens (including phenoxy) is 2.